The Morgan fingerprint density at radius 2 is 2.22 bits per heavy atom. The van der Waals surface area contributed by atoms with Gasteiger partial charge in [-0.15, -0.1) is 0 Å². The lowest BCUT2D eigenvalue weighted by Crippen LogP contribution is -2.31. The maximum atomic E-state index is 11.9. The maximum absolute atomic E-state index is 11.9. The number of nitrogens with zero attached hydrogens (tertiary/aromatic N) is 1. The highest BCUT2D eigenvalue weighted by Gasteiger charge is 2.31. The molecule has 96 valence electrons. The van der Waals surface area contributed by atoms with E-state index in [0.29, 0.717) is 17.7 Å². The van der Waals surface area contributed by atoms with Crippen molar-refractivity contribution in [1.29, 1.82) is 0 Å². The number of halogens is 1. The molecule has 0 N–H and O–H groups in total. The summed E-state index contributed by atoms with van der Waals surface area (Å²) < 4.78 is 10.3. The number of hydrogen-bond acceptors (Lipinski definition) is 4. The molecule has 0 unspecified atom stereocenters. The van der Waals surface area contributed by atoms with Crippen molar-refractivity contribution in [2.75, 3.05) is 6.61 Å². The molecule has 0 aliphatic heterocycles. The van der Waals surface area contributed by atoms with E-state index in [1.807, 2.05) is 19.9 Å². The van der Waals surface area contributed by atoms with Crippen LogP contribution in [0.3, 0.4) is 0 Å². The minimum atomic E-state index is -0.733. The summed E-state index contributed by atoms with van der Waals surface area (Å²) in [6.07, 6.45) is 0. The van der Waals surface area contributed by atoms with Gasteiger partial charge in [-0.25, -0.2) is 0 Å². The van der Waals surface area contributed by atoms with Crippen LogP contribution in [0.4, 0.5) is 0 Å². The molecule has 0 aliphatic carbocycles. The van der Waals surface area contributed by atoms with Gasteiger partial charge >= 0.3 is 5.97 Å². The molecule has 0 atom stereocenters. The number of aromatic nitrogens is 1. The average Bonchev–Trinajstić information content (AvgIpc) is 2.68. The van der Waals surface area contributed by atoms with E-state index in [1.165, 1.54) is 0 Å². The largest absolute Gasteiger partial charge is 0.465 e. The number of carbonyl (C=O) groups is 1. The number of ether oxygens (including phenoxy) is 1. The predicted molar refractivity (Wildman–Crippen MR) is 68.7 cm³/mol. The molecule has 0 radical (unpaired) electrons. The number of oxazole rings is 1. The van der Waals surface area contributed by atoms with Crippen LogP contribution >= 0.6 is 11.6 Å². The molecule has 0 aliphatic rings. The van der Waals surface area contributed by atoms with Gasteiger partial charge in [0, 0.05) is 0 Å². The Morgan fingerprint density at radius 1 is 1.50 bits per heavy atom. The van der Waals surface area contributed by atoms with E-state index in [1.54, 1.807) is 19.1 Å². The van der Waals surface area contributed by atoms with Gasteiger partial charge in [-0.2, -0.15) is 4.98 Å². The number of esters is 1. The molecule has 0 saturated carbocycles. The van der Waals surface area contributed by atoms with Gasteiger partial charge in [-0.1, -0.05) is 6.07 Å². The van der Waals surface area contributed by atoms with Crippen molar-refractivity contribution in [3.8, 4) is 0 Å². The number of hydrogen-bond donors (Lipinski definition) is 0. The predicted octanol–water partition coefficient (Wildman–Crippen LogP) is 3.32. The standard InChI is InChI=1S/C13H14ClNO3/c1-4-17-11(16)13(2,3)8-5-6-9-10(7-8)18-12(14)15-9/h5-7H,4H2,1-3H3. The van der Waals surface area contributed by atoms with Gasteiger partial charge < -0.3 is 9.15 Å². The van der Waals surface area contributed by atoms with Crippen LogP contribution < -0.4 is 0 Å². The lowest BCUT2D eigenvalue weighted by Gasteiger charge is -2.22. The first kappa shape index (κ1) is 12.9. The molecule has 0 bridgehead atoms. The van der Waals surface area contributed by atoms with Gasteiger partial charge in [-0.05, 0) is 50.1 Å². The molecule has 0 spiro atoms. The van der Waals surface area contributed by atoms with Gasteiger partial charge in [0.15, 0.2) is 5.58 Å². The summed E-state index contributed by atoms with van der Waals surface area (Å²) in [5.74, 6) is -0.269. The summed E-state index contributed by atoms with van der Waals surface area (Å²) in [6.45, 7) is 5.76. The first-order valence-corrected chi connectivity index (χ1v) is 6.06. The van der Waals surface area contributed by atoms with Crippen molar-refractivity contribution in [3.05, 3.63) is 29.1 Å². The molecule has 0 saturated heterocycles. The van der Waals surface area contributed by atoms with Crippen molar-refractivity contribution in [2.45, 2.75) is 26.2 Å². The Hall–Kier alpha value is -1.55. The fourth-order valence-corrected chi connectivity index (χ4v) is 1.89. The second kappa shape index (κ2) is 4.61. The Morgan fingerprint density at radius 3 is 2.89 bits per heavy atom. The SMILES string of the molecule is CCOC(=O)C(C)(C)c1ccc2nc(Cl)oc2c1. The number of benzene rings is 1. The Labute approximate surface area is 110 Å². The molecule has 0 fully saturated rings. The highest BCUT2D eigenvalue weighted by Crippen LogP contribution is 2.29. The van der Waals surface area contributed by atoms with Crippen LogP contribution in [0, 0.1) is 0 Å². The second-order valence-electron chi connectivity index (χ2n) is 4.49. The average molecular weight is 268 g/mol. The zero-order valence-corrected chi connectivity index (χ0v) is 11.2. The highest BCUT2D eigenvalue weighted by molar-refractivity contribution is 6.28. The summed E-state index contributed by atoms with van der Waals surface area (Å²) in [6, 6.07) is 5.38. The van der Waals surface area contributed by atoms with E-state index in [-0.39, 0.29) is 11.3 Å². The molecule has 1 aromatic heterocycles. The van der Waals surface area contributed by atoms with Crippen LogP contribution in [0.25, 0.3) is 11.1 Å². The van der Waals surface area contributed by atoms with Gasteiger partial charge in [0.25, 0.3) is 5.35 Å². The summed E-state index contributed by atoms with van der Waals surface area (Å²) in [4.78, 5) is 15.9. The van der Waals surface area contributed by atoms with Crippen molar-refractivity contribution in [3.63, 3.8) is 0 Å². The Balaban J connectivity index is 2.43. The molecular weight excluding hydrogens is 254 g/mol. The van der Waals surface area contributed by atoms with Crippen molar-refractivity contribution >= 4 is 28.7 Å². The fourth-order valence-electron chi connectivity index (χ4n) is 1.71. The van der Waals surface area contributed by atoms with Crippen LogP contribution in [0.5, 0.6) is 0 Å². The third-order valence-electron chi connectivity index (χ3n) is 2.87. The lowest BCUT2D eigenvalue weighted by atomic mass is 9.84. The molecule has 4 nitrogen and oxygen atoms in total. The third kappa shape index (κ3) is 2.20. The third-order valence-corrected chi connectivity index (χ3v) is 3.03. The molecule has 2 rings (SSSR count). The van der Waals surface area contributed by atoms with Gasteiger partial charge in [0.1, 0.15) is 5.52 Å². The maximum Gasteiger partial charge on any atom is 0.315 e. The fraction of sp³-hybridized carbons (Fsp3) is 0.385. The molecule has 2 aromatic rings. The molecule has 18 heavy (non-hydrogen) atoms. The number of carbonyl (C=O) groups excluding carboxylic acids is 1. The molecule has 5 heteroatoms. The van der Waals surface area contributed by atoms with Gasteiger partial charge in [0.05, 0.1) is 12.0 Å². The number of fused-ring (bicyclic) bond motifs is 1. The lowest BCUT2D eigenvalue weighted by molar-refractivity contribution is -0.148. The van der Waals surface area contributed by atoms with E-state index >= 15 is 0 Å². The van der Waals surface area contributed by atoms with E-state index in [0.717, 1.165) is 5.56 Å². The summed E-state index contributed by atoms with van der Waals surface area (Å²) in [5, 5.41) is 0.0936. The first-order chi connectivity index (χ1) is 8.45. The summed E-state index contributed by atoms with van der Waals surface area (Å²) in [7, 11) is 0. The summed E-state index contributed by atoms with van der Waals surface area (Å²) >= 11 is 5.69. The minimum absolute atomic E-state index is 0.0936. The van der Waals surface area contributed by atoms with Crippen molar-refractivity contribution in [2.24, 2.45) is 0 Å². The number of rotatable bonds is 3. The quantitative estimate of drug-likeness (QED) is 0.801. The van der Waals surface area contributed by atoms with Crippen LogP contribution in [-0.4, -0.2) is 17.6 Å². The van der Waals surface area contributed by atoms with E-state index in [4.69, 9.17) is 20.8 Å². The molecule has 1 aromatic carbocycles. The Kier molecular flexibility index (Phi) is 3.30. The topological polar surface area (TPSA) is 52.3 Å². The zero-order chi connectivity index (χ0) is 13.3. The van der Waals surface area contributed by atoms with Crippen LogP contribution in [-0.2, 0) is 14.9 Å². The van der Waals surface area contributed by atoms with E-state index < -0.39 is 5.41 Å². The van der Waals surface area contributed by atoms with Crippen LogP contribution in [0.15, 0.2) is 22.6 Å². The minimum Gasteiger partial charge on any atom is -0.465 e. The van der Waals surface area contributed by atoms with Crippen LogP contribution in [0.1, 0.15) is 26.3 Å². The van der Waals surface area contributed by atoms with E-state index in [9.17, 15) is 4.79 Å². The smallest absolute Gasteiger partial charge is 0.315 e. The molecular formula is C13H14ClNO3. The van der Waals surface area contributed by atoms with Crippen molar-refractivity contribution in [1.82, 2.24) is 4.98 Å². The van der Waals surface area contributed by atoms with Gasteiger partial charge in [-0.3, -0.25) is 4.79 Å². The van der Waals surface area contributed by atoms with Gasteiger partial charge in [0.2, 0.25) is 0 Å². The normalized spacial score (nSPS) is 11.8. The van der Waals surface area contributed by atoms with Crippen LogP contribution in [0.2, 0.25) is 5.35 Å². The monoisotopic (exact) mass is 267 g/mol. The second-order valence-corrected chi connectivity index (χ2v) is 4.82. The summed E-state index contributed by atoms with van der Waals surface area (Å²) in [5.41, 5.74) is 1.31. The first-order valence-electron chi connectivity index (χ1n) is 5.69. The molecule has 0 amide bonds. The zero-order valence-electron chi connectivity index (χ0n) is 10.5. The Bertz CT molecular complexity index is 589. The van der Waals surface area contributed by atoms with E-state index in [2.05, 4.69) is 4.98 Å². The highest BCUT2D eigenvalue weighted by atomic mass is 35.5. The van der Waals surface area contributed by atoms with Crippen molar-refractivity contribution < 1.29 is 13.9 Å². The molecule has 1 heterocycles.